The summed E-state index contributed by atoms with van der Waals surface area (Å²) in [5, 5.41) is 0. The quantitative estimate of drug-likeness (QED) is 0.632. The molecule has 0 radical (unpaired) electrons. The first kappa shape index (κ1) is 15.1. The fraction of sp³-hybridized carbons (Fsp3) is 0.364. The van der Waals surface area contributed by atoms with Crippen LogP contribution < -0.4 is 0 Å². The lowest BCUT2D eigenvalue weighted by Gasteiger charge is -2.33. The summed E-state index contributed by atoms with van der Waals surface area (Å²) in [6, 6.07) is 20.2. The summed E-state index contributed by atoms with van der Waals surface area (Å²) >= 11 is 0. The first-order chi connectivity index (χ1) is 10.7. The topological polar surface area (TPSA) is 0 Å². The number of allylic oxidation sites excluding steroid dienone is 2. The van der Waals surface area contributed by atoms with Gasteiger partial charge in [0.25, 0.3) is 0 Å². The van der Waals surface area contributed by atoms with Gasteiger partial charge in [-0.1, -0.05) is 80.9 Å². The van der Waals surface area contributed by atoms with E-state index >= 15 is 0 Å². The van der Waals surface area contributed by atoms with Gasteiger partial charge in [0, 0.05) is 0 Å². The van der Waals surface area contributed by atoms with Gasteiger partial charge in [-0.25, -0.2) is 0 Å². The van der Waals surface area contributed by atoms with Crippen LogP contribution in [0.4, 0.5) is 0 Å². The number of rotatable bonds is 4. The minimum Gasteiger partial charge on any atom is -0.0798 e. The zero-order valence-electron chi connectivity index (χ0n) is 13.8. The Labute approximate surface area is 134 Å². The van der Waals surface area contributed by atoms with Crippen LogP contribution in [-0.4, -0.2) is 0 Å². The maximum absolute atomic E-state index is 2.46. The van der Waals surface area contributed by atoms with E-state index in [0.29, 0.717) is 5.41 Å². The van der Waals surface area contributed by atoms with Gasteiger partial charge >= 0.3 is 0 Å². The van der Waals surface area contributed by atoms with Gasteiger partial charge in [0.1, 0.15) is 0 Å². The molecule has 114 valence electrons. The highest BCUT2D eigenvalue weighted by Gasteiger charge is 2.28. The molecule has 0 amide bonds. The van der Waals surface area contributed by atoms with Crippen molar-refractivity contribution in [2.75, 3.05) is 0 Å². The van der Waals surface area contributed by atoms with Gasteiger partial charge in [0.15, 0.2) is 0 Å². The Kier molecular flexibility index (Phi) is 4.47. The lowest BCUT2D eigenvalue weighted by Crippen LogP contribution is -2.23. The molecule has 2 aromatic carbocycles. The molecule has 0 nitrogen and oxygen atoms in total. The third kappa shape index (κ3) is 3.16. The Balaban J connectivity index is 1.76. The molecule has 0 saturated heterocycles. The third-order valence-corrected chi connectivity index (χ3v) is 5.08. The summed E-state index contributed by atoms with van der Waals surface area (Å²) in [6.07, 6.45) is 8.43. The zero-order chi connectivity index (χ0) is 15.4. The molecule has 0 heterocycles. The highest BCUT2D eigenvalue weighted by atomic mass is 14.3. The van der Waals surface area contributed by atoms with Crippen molar-refractivity contribution in [3.8, 4) is 0 Å². The van der Waals surface area contributed by atoms with Crippen LogP contribution in [0.2, 0.25) is 0 Å². The summed E-state index contributed by atoms with van der Waals surface area (Å²) in [6.45, 7) is 4.64. The lowest BCUT2D eigenvalue weighted by molar-refractivity contribution is 0.433. The van der Waals surface area contributed by atoms with Crippen LogP contribution in [0, 0.1) is 0 Å². The van der Waals surface area contributed by atoms with Crippen molar-refractivity contribution >= 4 is 5.57 Å². The second-order valence-electron chi connectivity index (χ2n) is 6.81. The predicted octanol–water partition coefficient (Wildman–Crippen LogP) is 6.16. The van der Waals surface area contributed by atoms with Crippen molar-refractivity contribution in [1.82, 2.24) is 0 Å². The molecule has 1 aliphatic carbocycles. The molecule has 1 atom stereocenters. The van der Waals surface area contributed by atoms with Crippen LogP contribution in [0.3, 0.4) is 0 Å². The van der Waals surface area contributed by atoms with Crippen molar-refractivity contribution in [2.24, 2.45) is 0 Å². The van der Waals surface area contributed by atoms with Crippen molar-refractivity contribution in [1.29, 1.82) is 0 Å². The van der Waals surface area contributed by atoms with Gasteiger partial charge in [0.2, 0.25) is 0 Å². The molecule has 22 heavy (non-hydrogen) atoms. The monoisotopic (exact) mass is 290 g/mol. The van der Waals surface area contributed by atoms with Crippen molar-refractivity contribution in [3.05, 3.63) is 77.4 Å². The molecule has 2 aromatic rings. The van der Waals surface area contributed by atoms with E-state index in [1.807, 2.05) is 0 Å². The van der Waals surface area contributed by atoms with E-state index in [2.05, 4.69) is 74.5 Å². The molecule has 0 spiro atoms. The van der Waals surface area contributed by atoms with Gasteiger partial charge in [-0.3, -0.25) is 0 Å². The van der Waals surface area contributed by atoms with Crippen LogP contribution in [0.1, 0.15) is 56.2 Å². The summed E-state index contributed by atoms with van der Waals surface area (Å²) in [7, 11) is 0. The lowest BCUT2D eigenvalue weighted by atomic mass is 9.71. The molecule has 0 fully saturated rings. The molecule has 0 N–H and O–H groups in total. The maximum atomic E-state index is 2.46. The first-order valence-electron chi connectivity index (χ1n) is 8.55. The number of hydrogen-bond acceptors (Lipinski definition) is 0. The highest BCUT2D eigenvalue weighted by Crippen LogP contribution is 2.40. The Hall–Kier alpha value is -1.82. The fourth-order valence-corrected chi connectivity index (χ4v) is 3.50. The SMILES string of the molecule is CCCc1ccc(C2=CCC(C)(c3ccccc3)CC2)cc1. The van der Waals surface area contributed by atoms with E-state index in [4.69, 9.17) is 0 Å². The Bertz CT molecular complexity index is 633. The molecule has 1 unspecified atom stereocenters. The average Bonchev–Trinajstić information content (AvgIpc) is 2.58. The Morgan fingerprint density at radius 3 is 2.27 bits per heavy atom. The normalized spacial score (nSPS) is 21.5. The minimum absolute atomic E-state index is 0.299. The predicted molar refractivity (Wildman–Crippen MR) is 96.1 cm³/mol. The average molecular weight is 290 g/mol. The van der Waals surface area contributed by atoms with E-state index < -0.39 is 0 Å². The van der Waals surface area contributed by atoms with Crippen LogP contribution in [0.25, 0.3) is 5.57 Å². The Morgan fingerprint density at radius 1 is 0.955 bits per heavy atom. The van der Waals surface area contributed by atoms with Crippen LogP contribution >= 0.6 is 0 Å². The zero-order valence-corrected chi connectivity index (χ0v) is 13.8. The summed E-state index contributed by atoms with van der Waals surface area (Å²) in [4.78, 5) is 0. The molecule has 1 aliphatic rings. The third-order valence-electron chi connectivity index (χ3n) is 5.08. The Morgan fingerprint density at radius 2 is 1.68 bits per heavy atom. The van der Waals surface area contributed by atoms with Crippen molar-refractivity contribution in [2.45, 2.75) is 51.4 Å². The van der Waals surface area contributed by atoms with Gasteiger partial charge < -0.3 is 0 Å². The summed E-state index contributed by atoms with van der Waals surface area (Å²) in [5.74, 6) is 0. The molecule has 3 rings (SSSR count). The first-order valence-corrected chi connectivity index (χ1v) is 8.55. The summed E-state index contributed by atoms with van der Waals surface area (Å²) < 4.78 is 0. The van der Waals surface area contributed by atoms with Gasteiger partial charge in [0.05, 0.1) is 0 Å². The van der Waals surface area contributed by atoms with Gasteiger partial charge in [-0.2, -0.15) is 0 Å². The number of benzene rings is 2. The maximum Gasteiger partial charge on any atom is -0.00374 e. The minimum atomic E-state index is 0.299. The molecule has 0 heteroatoms. The van der Waals surface area contributed by atoms with Crippen LogP contribution in [0.15, 0.2) is 60.7 Å². The molecule has 0 aliphatic heterocycles. The van der Waals surface area contributed by atoms with Crippen LogP contribution in [0.5, 0.6) is 0 Å². The number of hydrogen-bond donors (Lipinski definition) is 0. The van der Waals surface area contributed by atoms with E-state index in [9.17, 15) is 0 Å². The highest BCUT2D eigenvalue weighted by molar-refractivity contribution is 5.67. The largest absolute Gasteiger partial charge is 0.0798 e. The molecular formula is C22H26. The molecule has 0 bridgehead atoms. The standard InChI is InChI=1S/C22H26/c1-3-7-18-10-12-19(13-11-18)20-14-16-22(2,17-15-20)21-8-5-4-6-9-21/h4-6,8-14H,3,7,15-17H2,1-2H3. The second-order valence-corrected chi connectivity index (χ2v) is 6.81. The van der Waals surface area contributed by atoms with E-state index in [1.54, 1.807) is 0 Å². The molecule has 0 saturated carbocycles. The van der Waals surface area contributed by atoms with E-state index in [1.165, 1.54) is 47.9 Å². The second kappa shape index (κ2) is 6.52. The van der Waals surface area contributed by atoms with Gasteiger partial charge in [-0.05, 0) is 53.4 Å². The van der Waals surface area contributed by atoms with Crippen molar-refractivity contribution in [3.63, 3.8) is 0 Å². The fourth-order valence-electron chi connectivity index (χ4n) is 3.50. The van der Waals surface area contributed by atoms with E-state index in [0.717, 1.165) is 6.42 Å². The number of aryl methyl sites for hydroxylation is 1. The van der Waals surface area contributed by atoms with Crippen LogP contribution in [-0.2, 0) is 11.8 Å². The van der Waals surface area contributed by atoms with E-state index in [-0.39, 0.29) is 0 Å². The smallest absolute Gasteiger partial charge is 0.00374 e. The van der Waals surface area contributed by atoms with Crippen molar-refractivity contribution < 1.29 is 0 Å². The van der Waals surface area contributed by atoms with Gasteiger partial charge in [-0.15, -0.1) is 0 Å². The summed E-state index contributed by atoms with van der Waals surface area (Å²) in [5.41, 5.74) is 6.17. The molecule has 0 aromatic heterocycles. The molecular weight excluding hydrogens is 264 g/mol.